The third-order valence-corrected chi connectivity index (χ3v) is 4.20. The van der Waals surface area contributed by atoms with Gasteiger partial charge in [0.2, 0.25) is 0 Å². The van der Waals surface area contributed by atoms with Crippen LogP contribution in [0.3, 0.4) is 0 Å². The summed E-state index contributed by atoms with van der Waals surface area (Å²) in [5.74, 6) is -2.21. The molecule has 8 heteroatoms. The quantitative estimate of drug-likeness (QED) is 0.585. The van der Waals surface area contributed by atoms with Crippen molar-refractivity contribution in [3.8, 4) is 11.4 Å². The molecule has 0 saturated carbocycles. The molecule has 1 N–H and O–H groups in total. The van der Waals surface area contributed by atoms with E-state index in [1.165, 1.54) is 18.2 Å². The molecule has 5 nitrogen and oxygen atoms in total. The molecule has 0 atom stereocenters. The van der Waals surface area contributed by atoms with Crippen LogP contribution in [-0.2, 0) is 6.54 Å². The minimum absolute atomic E-state index is 0.0427. The monoisotopic (exact) mass is 382 g/mol. The highest BCUT2D eigenvalue weighted by Gasteiger charge is 2.12. The minimum atomic E-state index is -0.971. The highest BCUT2D eigenvalue weighted by Crippen LogP contribution is 2.19. The summed E-state index contributed by atoms with van der Waals surface area (Å²) >= 11 is 0. The van der Waals surface area contributed by atoms with Crippen LogP contribution < -0.4 is 5.32 Å². The zero-order chi connectivity index (χ0) is 19.7. The second-order valence-electron chi connectivity index (χ2n) is 6.11. The lowest BCUT2D eigenvalue weighted by Gasteiger charge is -2.07. The molecule has 4 rings (SSSR count). The van der Waals surface area contributed by atoms with Gasteiger partial charge in [-0.3, -0.25) is 9.20 Å². The van der Waals surface area contributed by atoms with Crippen LogP contribution >= 0.6 is 0 Å². The molecule has 0 aliphatic carbocycles. The SMILES string of the molecule is O=C(NCc1ccc(F)c(F)c1)c1ccc2nnc(-c3ccc(F)cc3)n2c1. The zero-order valence-electron chi connectivity index (χ0n) is 14.4. The maximum Gasteiger partial charge on any atom is 0.253 e. The summed E-state index contributed by atoms with van der Waals surface area (Å²) in [4.78, 5) is 12.4. The molecular formula is C20H13F3N4O. The molecule has 28 heavy (non-hydrogen) atoms. The van der Waals surface area contributed by atoms with Gasteiger partial charge in [-0.05, 0) is 54.1 Å². The van der Waals surface area contributed by atoms with Crippen LogP contribution in [0.1, 0.15) is 15.9 Å². The van der Waals surface area contributed by atoms with Gasteiger partial charge in [-0.25, -0.2) is 13.2 Å². The molecule has 0 radical (unpaired) electrons. The van der Waals surface area contributed by atoms with Crippen LogP contribution in [0.25, 0.3) is 17.0 Å². The number of hydrogen-bond acceptors (Lipinski definition) is 3. The van der Waals surface area contributed by atoms with Gasteiger partial charge < -0.3 is 5.32 Å². The second-order valence-corrected chi connectivity index (χ2v) is 6.11. The molecule has 0 fully saturated rings. The Morgan fingerprint density at radius 1 is 0.929 bits per heavy atom. The summed E-state index contributed by atoms with van der Waals surface area (Å²) in [7, 11) is 0. The van der Waals surface area contributed by atoms with E-state index in [4.69, 9.17) is 0 Å². The van der Waals surface area contributed by atoms with E-state index in [1.807, 2.05) is 0 Å². The molecule has 0 spiro atoms. The largest absolute Gasteiger partial charge is 0.348 e. The van der Waals surface area contributed by atoms with Crippen LogP contribution in [0.2, 0.25) is 0 Å². The van der Waals surface area contributed by atoms with Gasteiger partial charge in [0.1, 0.15) is 5.82 Å². The Morgan fingerprint density at radius 2 is 1.71 bits per heavy atom. The van der Waals surface area contributed by atoms with Gasteiger partial charge in [0.15, 0.2) is 23.1 Å². The molecule has 4 aromatic rings. The zero-order valence-corrected chi connectivity index (χ0v) is 14.4. The number of carbonyl (C=O) groups is 1. The Bertz CT molecular complexity index is 1170. The maximum absolute atomic E-state index is 13.3. The number of rotatable bonds is 4. The fraction of sp³-hybridized carbons (Fsp3) is 0.0500. The van der Waals surface area contributed by atoms with E-state index in [0.29, 0.717) is 28.2 Å². The van der Waals surface area contributed by atoms with Crippen molar-refractivity contribution < 1.29 is 18.0 Å². The number of halogens is 3. The Labute approximate surface area is 157 Å². The first-order chi connectivity index (χ1) is 13.5. The molecule has 0 aliphatic rings. The van der Waals surface area contributed by atoms with Crippen LogP contribution in [0.5, 0.6) is 0 Å². The van der Waals surface area contributed by atoms with Crippen molar-refractivity contribution in [2.45, 2.75) is 6.54 Å². The summed E-state index contributed by atoms with van der Waals surface area (Å²) in [6.07, 6.45) is 1.56. The molecule has 0 bridgehead atoms. The predicted molar refractivity (Wildman–Crippen MR) is 95.9 cm³/mol. The number of fused-ring (bicyclic) bond motifs is 1. The summed E-state index contributed by atoms with van der Waals surface area (Å²) in [6, 6.07) is 12.4. The Morgan fingerprint density at radius 3 is 2.46 bits per heavy atom. The van der Waals surface area contributed by atoms with Crippen molar-refractivity contribution in [1.29, 1.82) is 0 Å². The number of pyridine rings is 1. The van der Waals surface area contributed by atoms with Gasteiger partial charge in [0, 0.05) is 18.3 Å². The third kappa shape index (κ3) is 3.44. The van der Waals surface area contributed by atoms with Gasteiger partial charge in [-0.2, -0.15) is 0 Å². The van der Waals surface area contributed by atoms with E-state index in [2.05, 4.69) is 15.5 Å². The first-order valence-corrected chi connectivity index (χ1v) is 8.34. The topological polar surface area (TPSA) is 59.3 Å². The normalized spacial score (nSPS) is 11.0. The number of amides is 1. The Balaban J connectivity index is 1.58. The molecule has 2 aromatic carbocycles. The Kier molecular flexibility index (Phi) is 4.52. The number of benzene rings is 2. The van der Waals surface area contributed by atoms with Gasteiger partial charge in [-0.1, -0.05) is 6.07 Å². The predicted octanol–water partition coefficient (Wildman–Crippen LogP) is 3.74. The van der Waals surface area contributed by atoms with Crippen molar-refractivity contribution in [3.05, 3.63) is 89.4 Å². The Hall–Kier alpha value is -3.68. The number of nitrogens with one attached hydrogen (secondary N) is 1. The average molecular weight is 382 g/mol. The number of hydrogen-bond donors (Lipinski definition) is 1. The van der Waals surface area contributed by atoms with Crippen molar-refractivity contribution in [3.63, 3.8) is 0 Å². The van der Waals surface area contributed by atoms with Gasteiger partial charge in [0.05, 0.1) is 5.56 Å². The highest BCUT2D eigenvalue weighted by molar-refractivity contribution is 5.94. The smallest absolute Gasteiger partial charge is 0.253 e. The lowest BCUT2D eigenvalue weighted by molar-refractivity contribution is 0.0950. The standard InChI is InChI=1S/C20H13F3N4O/c21-15-5-2-13(3-6-15)19-26-25-18-8-4-14(11-27(18)19)20(28)24-10-12-1-7-16(22)17(23)9-12/h1-9,11H,10H2,(H,24,28). The van der Waals surface area contributed by atoms with Gasteiger partial charge in [0.25, 0.3) is 5.91 Å². The molecule has 140 valence electrons. The van der Waals surface area contributed by atoms with E-state index in [9.17, 15) is 18.0 Å². The van der Waals surface area contributed by atoms with E-state index in [0.717, 1.165) is 12.1 Å². The fourth-order valence-electron chi connectivity index (χ4n) is 2.75. The number of nitrogens with zero attached hydrogens (tertiary/aromatic N) is 3. The van der Waals surface area contributed by atoms with Crippen LogP contribution in [-0.4, -0.2) is 20.5 Å². The van der Waals surface area contributed by atoms with Crippen LogP contribution in [0.4, 0.5) is 13.2 Å². The number of aromatic nitrogens is 3. The van der Waals surface area contributed by atoms with Gasteiger partial charge in [-0.15, -0.1) is 10.2 Å². The lowest BCUT2D eigenvalue weighted by Crippen LogP contribution is -2.23. The summed E-state index contributed by atoms with van der Waals surface area (Å²) in [5, 5.41) is 10.8. The molecule has 0 aliphatic heterocycles. The molecule has 2 aromatic heterocycles. The third-order valence-electron chi connectivity index (χ3n) is 4.20. The van der Waals surface area contributed by atoms with Gasteiger partial charge >= 0.3 is 0 Å². The van der Waals surface area contributed by atoms with E-state index >= 15 is 0 Å². The van der Waals surface area contributed by atoms with Crippen molar-refractivity contribution in [2.75, 3.05) is 0 Å². The summed E-state index contributed by atoms with van der Waals surface area (Å²) < 4.78 is 41.0. The minimum Gasteiger partial charge on any atom is -0.348 e. The lowest BCUT2D eigenvalue weighted by atomic mass is 10.2. The van der Waals surface area contributed by atoms with Crippen LogP contribution in [0.15, 0.2) is 60.8 Å². The average Bonchev–Trinajstić information content (AvgIpc) is 3.12. The summed E-state index contributed by atoms with van der Waals surface area (Å²) in [6.45, 7) is 0.0427. The summed E-state index contributed by atoms with van der Waals surface area (Å²) in [5.41, 5.74) is 1.94. The molecule has 0 saturated heterocycles. The van der Waals surface area contributed by atoms with Crippen molar-refractivity contribution in [1.82, 2.24) is 19.9 Å². The van der Waals surface area contributed by atoms with Crippen molar-refractivity contribution >= 4 is 11.6 Å². The maximum atomic E-state index is 13.3. The molecule has 1 amide bonds. The first-order valence-electron chi connectivity index (χ1n) is 8.34. The second kappa shape index (κ2) is 7.15. The van der Waals surface area contributed by atoms with Crippen LogP contribution in [0, 0.1) is 17.5 Å². The molecular weight excluding hydrogens is 369 g/mol. The first kappa shape index (κ1) is 17.7. The number of carbonyl (C=O) groups excluding carboxylic acids is 1. The molecule has 2 heterocycles. The van der Waals surface area contributed by atoms with E-state index in [1.54, 1.807) is 34.9 Å². The molecule has 0 unspecified atom stereocenters. The fourth-order valence-corrected chi connectivity index (χ4v) is 2.75. The van der Waals surface area contributed by atoms with E-state index in [-0.39, 0.29) is 12.4 Å². The highest BCUT2D eigenvalue weighted by atomic mass is 19.2. The van der Waals surface area contributed by atoms with Crippen molar-refractivity contribution in [2.24, 2.45) is 0 Å². The van der Waals surface area contributed by atoms with E-state index < -0.39 is 17.5 Å².